The lowest BCUT2D eigenvalue weighted by Crippen LogP contribution is -2.15. The van der Waals surface area contributed by atoms with Gasteiger partial charge in [-0.1, -0.05) is 37.6 Å². The molecule has 0 fully saturated rings. The summed E-state index contributed by atoms with van der Waals surface area (Å²) in [6.07, 6.45) is 1.72. The Bertz CT molecular complexity index is 508. The molecule has 0 spiro atoms. The van der Waals surface area contributed by atoms with Gasteiger partial charge in [0.15, 0.2) is 11.6 Å². The zero-order valence-corrected chi connectivity index (χ0v) is 11.7. The summed E-state index contributed by atoms with van der Waals surface area (Å²) in [7, 11) is 0. The van der Waals surface area contributed by atoms with Crippen molar-refractivity contribution in [3.05, 3.63) is 40.5 Å². The molecule has 0 heterocycles. The second-order valence-electron chi connectivity index (χ2n) is 4.99. The van der Waals surface area contributed by atoms with Crippen molar-refractivity contribution in [1.82, 2.24) is 0 Å². The number of ketones is 2. The van der Waals surface area contributed by atoms with Crippen LogP contribution >= 0.6 is 0 Å². The average molecular weight is 244 g/mol. The number of carbonyl (C=O) groups excluding carboxylic acids is 2. The molecule has 18 heavy (non-hydrogen) atoms. The van der Waals surface area contributed by atoms with E-state index in [2.05, 4.69) is 0 Å². The van der Waals surface area contributed by atoms with Gasteiger partial charge in [-0.05, 0) is 38.0 Å². The normalized spacial score (nSPS) is 11.8. The summed E-state index contributed by atoms with van der Waals surface area (Å²) in [5.74, 6) is -0.428. The summed E-state index contributed by atoms with van der Waals surface area (Å²) < 4.78 is 0. The van der Waals surface area contributed by atoms with E-state index in [1.165, 1.54) is 6.92 Å². The third kappa shape index (κ3) is 3.39. The summed E-state index contributed by atoms with van der Waals surface area (Å²) >= 11 is 0. The third-order valence-electron chi connectivity index (χ3n) is 2.90. The fraction of sp³-hybridized carbons (Fsp3) is 0.375. The number of Topliss-reactive ketones (excluding diaryl/α,β-unsaturated/α-hetero) is 2. The van der Waals surface area contributed by atoms with Crippen LogP contribution in [0.1, 0.15) is 37.5 Å². The van der Waals surface area contributed by atoms with Gasteiger partial charge in [-0.25, -0.2) is 0 Å². The maximum absolute atomic E-state index is 12.0. The first-order valence-electron chi connectivity index (χ1n) is 6.17. The first-order valence-corrected chi connectivity index (χ1v) is 6.17. The van der Waals surface area contributed by atoms with Gasteiger partial charge >= 0.3 is 0 Å². The SMILES string of the molecule is CC(=O)/C(=C\c1cc(C)ccc1C)C(=O)C(C)C. The molecule has 2 nitrogen and oxygen atoms in total. The van der Waals surface area contributed by atoms with Gasteiger partial charge in [0.25, 0.3) is 0 Å². The first-order chi connectivity index (χ1) is 8.32. The molecule has 0 aliphatic carbocycles. The molecule has 0 atom stereocenters. The molecule has 0 amide bonds. The Kier molecular flexibility index (Phi) is 4.60. The molecule has 0 radical (unpaired) electrons. The standard InChI is InChI=1S/C16H20O2/c1-10(2)16(18)15(13(5)17)9-14-8-11(3)6-7-12(14)4/h6-10H,1-5H3/b15-9+. The summed E-state index contributed by atoms with van der Waals surface area (Å²) in [5, 5.41) is 0. The molecular formula is C16H20O2. The van der Waals surface area contributed by atoms with Gasteiger partial charge < -0.3 is 0 Å². The van der Waals surface area contributed by atoms with Gasteiger partial charge in [0.2, 0.25) is 0 Å². The minimum atomic E-state index is -0.172. The Hall–Kier alpha value is -1.70. The van der Waals surface area contributed by atoms with Gasteiger partial charge in [0.05, 0.1) is 5.57 Å². The van der Waals surface area contributed by atoms with E-state index in [-0.39, 0.29) is 17.5 Å². The zero-order chi connectivity index (χ0) is 13.9. The molecule has 2 heteroatoms. The van der Waals surface area contributed by atoms with Gasteiger partial charge in [-0.15, -0.1) is 0 Å². The predicted molar refractivity (Wildman–Crippen MR) is 74.4 cm³/mol. The number of benzene rings is 1. The summed E-state index contributed by atoms with van der Waals surface area (Å²) in [4.78, 5) is 23.6. The summed E-state index contributed by atoms with van der Waals surface area (Å²) in [6, 6.07) is 6.01. The smallest absolute Gasteiger partial charge is 0.168 e. The summed E-state index contributed by atoms with van der Waals surface area (Å²) in [5.41, 5.74) is 3.41. The second kappa shape index (κ2) is 5.76. The van der Waals surface area contributed by atoms with Crippen LogP contribution < -0.4 is 0 Å². The Labute approximate surface area is 109 Å². The highest BCUT2D eigenvalue weighted by Crippen LogP contribution is 2.17. The topological polar surface area (TPSA) is 34.1 Å². The molecule has 0 unspecified atom stereocenters. The molecule has 0 aromatic heterocycles. The van der Waals surface area contributed by atoms with Gasteiger partial charge in [0.1, 0.15) is 0 Å². The first kappa shape index (κ1) is 14.4. The fourth-order valence-electron chi connectivity index (χ4n) is 1.73. The van der Waals surface area contributed by atoms with Crippen LogP contribution in [0, 0.1) is 19.8 Å². The zero-order valence-electron chi connectivity index (χ0n) is 11.7. The van der Waals surface area contributed by atoms with E-state index in [0.29, 0.717) is 5.57 Å². The Morgan fingerprint density at radius 1 is 1.17 bits per heavy atom. The molecule has 1 rings (SSSR count). The monoisotopic (exact) mass is 244 g/mol. The van der Waals surface area contributed by atoms with Crippen LogP contribution in [0.5, 0.6) is 0 Å². The van der Waals surface area contributed by atoms with E-state index in [1.807, 2.05) is 45.9 Å². The second-order valence-corrected chi connectivity index (χ2v) is 4.99. The van der Waals surface area contributed by atoms with Crippen LogP contribution in [0.25, 0.3) is 6.08 Å². The quantitative estimate of drug-likeness (QED) is 0.461. The average Bonchev–Trinajstić information content (AvgIpc) is 2.28. The van der Waals surface area contributed by atoms with E-state index >= 15 is 0 Å². The van der Waals surface area contributed by atoms with Gasteiger partial charge in [0, 0.05) is 5.92 Å². The Morgan fingerprint density at radius 3 is 2.28 bits per heavy atom. The molecule has 0 aliphatic heterocycles. The Morgan fingerprint density at radius 2 is 1.78 bits per heavy atom. The maximum atomic E-state index is 12.0. The minimum Gasteiger partial charge on any atom is -0.294 e. The van der Waals surface area contributed by atoms with Crippen LogP contribution in [-0.2, 0) is 9.59 Å². The predicted octanol–water partition coefficient (Wildman–Crippen LogP) is 3.50. The van der Waals surface area contributed by atoms with Crippen LogP contribution in [0.4, 0.5) is 0 Å². The Balaban J connectivity index is 3.29. The molecule has 1 aromatic rings. The van der Waals surface area contributed by atoms with Crippen molar-refractivity contribution in [2.75, 3.05) is 0 Å². The highest BCUT2D eigenvalue weighted by Gasteiger charge is 2.17. The van der Waals surface area contributed by atoms with E-state index in [0.717, 1.165) is 16.7 Å². The molecule has 1 aromatic carbocycles. The molecule has 0 saturated carbocycles. The highest BCUT2D eigenvalue weighted by atomic mass is 16.1. The van der Waals surface area contributed by atoms with Crippen LogP contribution in [-0.4, -0.2) is 11.6 Å². The molecule has 96 valence electrons. The van der Waals surface area contributed by atoms with Crippen molar-refractivity contribution in [1.29, 1.82) is 0 Å². The van der Waals surface area contributed by atoms with Crippen LogP contribution in [0.15, 0.2) is 23.8 Å². The van der Waals surface area contributed by atoms with Gasteiger partial charge in [-0.3, -0.25) is 9.59 Å². The van der Waals surface area contributed by atoms with Crippen LogP contribution in [0.2, 0.25) is 0 Å². The van der Waals surface area contributed by atoms with E-state index in [1.54, 1.807) is 6.08 Å². The molecule has 0 N–H and O–H groups in total. The minimum absolute atomic E-state index is 0.0941. The molecule has 0 bridgehead atoms. The number of allylic oxidation sites excluding steroid dienone is 1. The third-order valence-corrected chi connectivity index (χ3v) is 2.90. The van der Waals surface area contributed by atoms with Crippen molar-refractivity contribution in [3.63, 3.8) is 0 Å². The number of carbonyl (C=O) groups is 2. The lowest BCUT2D eigenvalue weighted by molar-refractivity contribution is -0.122. The number of hydrogen-bond acceptors (Lipinski definition) is 2. The lowest BCUT2D eigenvalue weighted by Gasteiger charge is -2.08. The molecule has 0 aliphatic rings. The number of rotatable bonds is 4. The highest BCUT2D eigenvalue weighted by molar-refractivity contribution is 6.23. The van der Waals surface area contributed by atoms with Crippen molar-refractivity contribution < 1.29 is 9.59 Å². The lowest BCUT2D eigenvalue weighted by atomic mass is 9.94. The number of hydrogen-bond donors (Lipinski definition) is 0. The van der Waals surface area contributed by atoms with Gasteiger partial charge in [-0.2, -0.15) is 0 Å². The largest absolute Gasteiger partial charge is 0.294 e. The van der Waals surface area contributed by atoms with E-state index in [4.69, 9.17) is 0 Å². The summed E-state index contributed by atoms with van der Waals surface area (Å²) in [6.45, 7) is 9.03. The number of aryl methyl sites for hydroxylation is 2. The van der Waals surface area contributed by atoms with Crippen molar-refractivity contribution in [2.45, 2.75) is 34.6 Å². The van der Waals surface area contributed by atoms with Crippen molar-refractivity contribution in [3.8, 4) is 0 Å². The van der Waals surface area contributed by atoms with Crippen molar-refractivity contribution >= 4 is 17.6 Å². The molecular weight excluding hydrogens is 224 g/mol. The van der Waals surface area contributed by atoms with Crippen LogP contribution in [0.3, 0.4) is 0 Å². The fourth-order valence-corrected chi connectivity index (χ4v) is 1.73. The maximum Gasteiger partial charge on any atom is 0.168 e. The van der Waals surface area contributed by atoms with Crippen molar-refractivity contribution in [2.24, 2.45) is 5.92 Å². The molecule has 0 saturated heterocycles. The van der Waals surface area contributed by atoms with E-state index in [9.17, 15) is 9.59 Å². The van der Waals surface area contributed by atoms with E-state index < -0.39 is 0 Å².